The number of nitrogens with one attached hydrogen (secondary N) is 2. The van der Waals surface area contributed by atoms with Gasteiger partial charge >= 0.3 is 5.97 Å². The highest BCUT2D eigenvalue weighted by Crippen LogP contribution is 2.10. The van der Waals surface area contributed by atoms with Gasteiger partial charge in [-0.1, -0.05) is 17.7 Å². The molecule has 0 aromatic heterocycles. The Bertz CT molecular complexity index is 794. The molecule has 0 unspecified atom stereocenters. The summed E-state index contributed by atoms with van der Waals surface area (Å²) in [6.45, 7) is 1.54. The van der Waals surface area contributed by atoms with E-state index in [0.717, 1.165) is 17.3 Å². The maximum atomic E-state index is 12.8. The number of anilines is 2. The van der Waals surface area contributed by atoms with Gasteiger partial charge in [-0.05, 0) is 43.3 Å². The van der Waals surface area contributed by atoms with Gasteiger partial charge in [-0.25, -0.2) is 4.39 Å². The van der Waals surface area contributed by atoms with Crippen LogP contribution in [0.25, 0.3) is 0 Å². The third-order valence-corrected chi connectivity index (χ3v) is 4.19. The highest BCUT2D eigenvalue weighted by atomic mass is 32.2. The average Bonchev–Trinajstić information content (AvgIpc) is 2.64. The van der Waals surface area contributed by atoms with Gasteiger partial charge in [-0.3, -0.25) is 14.4 Å². The summed E-state index contributed by atoms with van der Waals surface area (Å²) in [5, 5.41) is 5.20. The Labute approximate surface area is 160 Å². The maximum Gasteiger partial charge on any atom is 0.316 e. The summed E-state index contributed by atoms with van der Waals surface area (Å²) >= 11 is 1.06. The fourth-order valence-electron chi connectivity index (χ4n) is 1.98. The monoisotopic (exact) mass is 390 g/mol. The van der Waals surface area contributed by atoms with E-state index in [0.29, 0.717) is 11.4 Å². The van der Waals surface area contributed by atoms with Gasteiger partial charge in [-0.2, -0.15) is 0 Å². The molecule has 0 radical (unpaired) electrons. The number of halogens is 1. The molecule has 0 aliphatic carbocycles. The van der Waals surface area contributed by atoms with E-state index in [1.807, 2.05) is 19.1 Å². The number of ether oxygens (including phenoxy) is 1. The summed E-state index contributed by atoms with van der Waals surface area (Å²) in [5.74, 6) is -1.77. The zero-order chi connectivity index (χ0) is 19.6. The van der Waals surface area contributed by atoms with Crippen molar-refractivity contribution in [3.05, 3.63) is 59.9 Å². The summed E-state index contributed by atoms with van der Waals surface area (Å²) in [7, 11) is 0. The lowest BCUT2D eigenvalue weighted by Crippen LogP contribution is -2.22. The maximum absolute atomic E-state index is 12.8. The fourth-order valence-corrected chi connectivity index (χ4v) is 2.59. The molecule has 2 aromatic rings. The molecule has 2 rings (SSSR count). The molecule has 27 heavy (non-hydrogen) atoms. The molecular weight excluding hydrogens is 371 g/mol. The van der Waals surface area contributed by atoms with Crippen LogP contribution in [0.3, 0.4) is 0 Å². The van der Waals surface area contributed by atoms with E-state index in [9.17, 15) is 18.8 Å². The first kappa shape index (κ1) is 20.4. The largest absolute Gasteiger partial charge is 0.455 e. The minimum absolute atomic E-state index is 0.0298. The molecule has 0 fully saturated rings. The predicted molar refractivity (Wildman–Crippen MR) is 103 cm³/mol. The lowest BCUT2D eigenvalue weighted by Gasteiger charge is -2.07. The van der Waals surface area contributed by atoms with E-state index in [2.05, 4.69) is 10.6 Å². The Kier molecular flexibility index (Phi) is 7.81. The molecular formula is C19H19FN2O4S. The van der Waals surface area contributed by atoms with Gasteiger partial charge in [0.15, 0.2) is 6.61 Å². The van der Waals surface area contributed by atoms with E-state index in [4.69, 9.17) is 4.74 Å². The second-order valence-corrected chi connectivity index (χ2v) is 6.61. The number of esters is 1. The van der Waals surface area contributed by atoms with E-state index >= 15 is 0 Å². The Balaban J connectivity index is 1.61. The number of thioether (sulfide) groups is 1. The van der Waals surface area contributed by atoms with Gasteiger partial charge < -0.3 is 15.4 Å². The quantitative estimate of drug-likeness (QED) is 0.677. The minimum Gasteiger partial charge on any atom is -0.455 e. The Morgan fingerprint density at radius 1 is 0.889 bits per heavy atom. The van der Waals surface area contributed by atoms with Crippen LogP contribution in [0.4, 0.5) is 15.8 Å². The van der Waals surface area contributed by atoms with Crippen LogP contribution in [-0.2, 0) is 19.1 Å². The normalized spacial score (nSPS) is 10.1. The van der Waals surface area contributed by atoms with Crippen molar-refractivity contribution in [1.29, 1.82) is 0 Å². The number of rotatable bonds is 8. The van der Waals surface area contributed by atoms with Crippen LogP contribution in [0.5, 0.6) is 0 Å². The van der Waals surface area contributed by atoms with Crippen molar-refractivity contribution in [3.63, 3.8) is 0 Å². The first-order chi connectivity index (χ1) is 12.9. The minimum atomic E-state index is -0.589. The van der Waals surface area contributed by atoms with Gasteiger partial charge in [0.2, 0.25) is 5.91 Å². The van der Waals surface area contributed by atoms with Crippen molar-refractivity contribution >= 4 is 40.9 Å². The second kappa shape index (κ2) is 10.3. The molecule has 2 N–H and O–H groups in total. The zero-order valence-corrected chi connectivity index (χ0v) is 15.5. The number of benzene rings is 2. The number of carbonyl (C=O) groups is 3. The Morgan fingerprint density at radius 3 is 2.07 bits per heavy atom. The van der Waals surface area contributed by atoms with E-state index in [1.165, 1.54) is 24.3 Å². The third-order valence-electron chi connectivity index (χ3n) is 3.28. The molecule has 8 heteroatoms. The van der Waals surface area contributed by atoms with Crippen molar-refractivity contribution < 1.29 is 23.5 Å². The first-order valence-electron chi connectivity index (χ1n) is 8.07. The molecule has 0 saturated carbocycles. The summed E-state index contributed by atoms with van der Waals surface area (Å²) in [6, 6.07) is 12.6. The topological polar surface area (TPSA) is 84.5 Å². The van der Waals surface area contributed by atoms with Crippen molar-refractivity contribution in [2.75, 3.05) is 28.7 Å². The first-order valence-corrected chi connectivity index (χ1v) is 9.23. The smallest absolute Gasteiger partial charge is 0.316 e. The van der Waals surface area contributed by atoms with Crippen molar-refractivity contribution in [2.24, 2.45) is 0 Å². The van der Waals surface area contributed by atoms with Crippen LogP contribution < -0.4 is 10.6 Å². The summed E-state index contributed by atoms with van der Waals surface area (Å²) in [4.78, 5) is 35.1. The molecule has 0 atom stereocenters. The predicted octanol–water partition coefficient (Wildman–Crippen LogP) is 2.99. The van der Waals surface area contributed by atoms with Crippen LogP contribution >= 0.6 is 11.8 Å². The molecule has 2 aromatic carbocycles. The number of hydrogen-bond donors (Lipinski definition) is 2. The van der Waals surface area contributed by atoms with Crippen LogP contribution in [0.1, 0.15) is 5.56 Å². The van der Waals surface area contributed by atoms with Gasteiger partial charge in [0.1, 0.15) is 5.82 Å². The van der Waals surface area contributed by atoms with E-state index < -0.39 is 24.3 Å². The molecule has 0 bridgehead atoms. The molecule has 0 aliphatic rings. The van der Waals surface area contributed by atoms with E-state index in [-0.39, 0.29) is 17.4 Å². The summed E-state index contributed by atoms with van der Waals surface area (Å²) in [6.07, 6.45) is 0. The Morgan fingerprint density at radius 2 is 1.44 bits per heavy atom. The van der Waals surface area contributed by atoms with Gasteiger partial charge in [-0.15, -0.1) is 11.8 Å². The van der Waals surface area contributed by atoms with Crippen molar-refractivity contribution in [2.45, 2.75) is 6.92 Å². The zero-order valence-electron chi connectivity index (χ0n) is 14.7. The van der Waals surface area contributed by atoms with Crippen molar-refractivity contribution in [1.82, 2.24) is 0 Å². The lowest BCUT2D eigenvalue weighted by molar-refractivity contribution is -0.144. The Hall–Kier alpha value is -2.87. The summed E-state index contributed by atoms with van der Waals surface area (Å²) < 4.78 is 17.7. The van der Waals surface area contributed by atoms with Crippen LogP contribution in [0.15, 0.2) is 48.5 Å². The molecule has 0 saturated heterocycles. The molecule has 0 aliphatic heterocycles. The van der Waals surface area contributed by atoms with E-state index in [1.54, 1.807) is 12.1 Å². The highest BCUT2D eigenvalue weighted by molar-refractivity contribution is 8.00. The second-order valence-electron chi connectivity index (χ2n) is 5.62. The number of aryl methyl sites for hydroxylation is 1. The summed E-state index contributed by atoms with van der Waals surface area (Å²) in [5.41, 5.74) is 2.16. The molecule has 6 nitrogen and oxygen atoms in total. The SMILES string of the molecule is Cc1ccc(NC(=O)COC(=O)CSCC(=O)Nc2ccc(F)cc2)cc1. The van der Waals surface area contributed by atoms with Gasteiger partial charge in [0.05, 0.1) is 11.5 Å². The molecule has 0 heterocycles. The fraction of sp³-hybridized carbons (Fsp3) is 0.211. The highest BCUT2D eigenvalue weighted by Gasteiger charge is 2.10. The van der Waals surface area contributed by atoms with Crippen LogP contribution in [0.2, 0.25) is 0 Å². The number of amides is 2. The third kappa shape index (κ3) is 7.91. The molecule has 142 valence electrons. The lowest BCUT2D eigenvalue weighted by atomic mass is 10.2. The molecule has 2 amide bonds. The standard InChI is InChI=1S/C19H19FN2O4S/c1-13-2-6-15(7-3-13)21-17(23)10-26-19(25)12-27-11-18(24)22-16-8-4-14(20)5-9-16/h2-9H,10-12H2,1H3,(H,21,23)(H,22,24). The van der Waals surface area contributed by atoms with Crippen LogP contribution in [-0.4, -0.2) is 35.9 Å². The van der Waals surface area contributed by atoms with Crippen molar-refractivity contribution in [3.8, 4) is 0 Å². The number of hydrogen-bond acceptors (Lipinski definition) is 5. The van der Waals surface area contributed by atoms with Crippen LogP contribution in [0, 0.1) is 12.7 Å². The number of carbonyl (C=O) groups excluding carboxylic acids is 3. The average molecular weight is 390 g/mol. The van der Waals surface area contributed by atoms with Gasteiger partial charge in [0, 0.05) is 11.4 Å². The molecule has 0 spiro atoms. The van der Waals surface area contributed by atoms with Gasteiger partial charge in [0.25, 0.3) is 5.91 Å².